The summed E-state index contributed by atoms with van der Waals surface area (Å²) in [5, 5.41) is 0. The Morgan fingerprint density at radius 3 is 2.02 bits per heavy atom. The molecule has 1 saturated carbocycles. The fourth-order valence-electron chi connectivity index (χ4n) is 9.64. The lowest BCUT2D eigenvalue weighted by molar-refractivity contribution is -0.978. The Hall–Kier alpha value is -2.14. The molecule has 1 fully saturated rings. The Bertz CT molecular complexity index is 1390. The SMILES string of the molecule is CC1CC2C=C3C(=CC2C1[Si](C)(C)N(C(C)(C)C)[N+](C)(C)C)C(C)(C)c1cc(Oc2ccc(C(C)(C)C)cc2)ccc13. The van der Waals surface area contributed by atoms with Gasteiger partial charge in [-0.2, -0.15) is 4.67 Å². The maximum atomic E-state index is 6.42. The molecule has 3 nitrogen and oxygen atoms in total. The number of quaternary nitrogens is 1. The summed E-state index contributed by atoms with van der Waals surface area (Å²) in [5.41, 5.74) is 8.03. The van der Waals surface area contributed by atoms with Crippen LogP contribution in [0.1, 0.15) is 85.4 Å². The van der Waals surface area contributed by atoms with Crippen molar-refractivity contribution >= 4 is 13.8 Å². The van der Waals surface area contributed by atoms with Crippen molar-refractivity contribution < 1.29 is 9.33 Å². The van der Waals surface area contributed by atoms with Gasteiger partial charge in [-0.1, -0.05) is 85.0 Å². The van der Waals surface area contributed by atoms with Gasteiger partial charge in [-0.25, -0.2) is 0 Å². The lowest BCUT2D eigenvalue weighted by Gasteiger charge is -2.55. The zero-order valence-electron chi connectivity index (χ0n) is 29.0. The van der Waals surface area contributed by atoms with Gasteiger partial charge in [0.25, 0.3) is 0 Å². The van der Waals surface area contributed by atoms with Crippen LogP contribution >= 0.6 is 0 Å². The largest absolute Gasteiger partial charge is 0.457 e. The van der Waals surface area contributed by atoms with Crippen LogP contribution in [0.25, 0.3) is 5.57 Å². The molecule has 3 aliphatic carbocycles. The van der Waals surface area contributed by atoms with Gasteiger partial charge in [-0.15, -0.1) is 0 Å². The molecule has 5 rings (SSSR count). The summed E-state index contributed by atoms with van der Waals surface area (Å²) >= 11 is 0. The standard InChI is InChI=1S/C38H57N2OSi/c1-25-21-26-22-32-30-20-19-29(41-28-17-15-27(16-18-28)36(2,3)4)23-33(30)38(8,9)34(32)24-31(26)35(25)42(13,14)39(37(5,6)7)40(10,11)12/h15-20,22-26,31,35H,21H2,1-14H3/q+1. The Labute approximate surface area is 258 Å². The minimum Gasteiger partial charge on any atom is -0.457 e. The van der Waals surface area contributed by atoms with Crippen molar-refractivity contribution in [3.63, 3.8) is 0 Å². The van der Waals surface area contributed by atoms with Crippen LogP contribution in [0.15, 0.2) is 60.2 Å². The van der Waals surface area contributed by atoms with Crippen LogP contribution in [-0.4, -0.2) is 44.2 Å². The van der Waals surface area contributed by atoms with Crippen molar-refractivity contribution in [3.8, 4) is 11.5 Å². The molecule has 2 aromatic carbocycles. The number of ether oxygens (including phenoxy) is 1. The Morgan fingerprint density at radius 2 is 1.48 bits per heavy atom. The van der Waals surface area contributed by atoms with Gasteiger partial charge in [0.1, 0.15) is 11.5 Å². The second-order valence-corrected chi connectivity index (χ2v) is 21.8. The first kappa shape index (κ1) is 31.3. The summed E-state index contributed by atoms with van der Waals surface area (Å²) in [6, 6.07) is 15.4. The van der Waals surface area contributed by atoms with Crippen LogP contribution in [-0.2, 0) is 10.8 Å². The van der Waals surface area contributed by atoms with Crippen molar-refractivity contribution in [2.24, 2.45) is 17.8 Å². The van der Waals surface area contributed by atoms with Crippen LogP contribution in [0.5, 0.6) is 11.5 Å². The smallest absolute Gasteiger partial charge is 0.191 e. The van der Waals surface area contributed by atoms with Crippen LogP contribution in [0, 0.1) is 17.8 Å². The van der Waals surface area contributed by atoms with Crippen LogP contribution < -0.4 is 4.74 Å². The Balaban J connectivity index is 1.48. The average Bonchev–Trinajstić information content (AvgIpc) is 3.26. The van der Waals surface area contributed by atoms with Crippen LogP contribution in [0.4, 0.5) is 0 Å². The number of nitrogens with zero attached hydrogens (tertiary/aromatic N) is 2. The van der Waals surface area contributed by atoms with E-state index in [1.807, 2.05) is 0 Å². The van der Waals surface area contributed by atoms with Gasteiger partial charge in [-0.3, -0.25) is 4.59 Å². The van der Waals surface area contributed by atoms with Gasteiger partial charge in [0.05, 0.1) is 26.7 Å². The van der Waals surface area contributed by atoms with Crippen molar-refractivity contribution in [2.45, 2.75) is 104 Å². The van der Waals surface area contributed by atoms with E-state index in [1.165, 1.54) is 34.3 Å². The molecule has 4 atom stereocenters. The maximum absolute atomic E-state index is 6.42. The normalized spacial score (nSPS) is 25.5. The first-order valence-corrected chi connectivity index (χ1v) is 19.2. The fraction of sp³-hybridized carbons (Fsp3) is 0.579. The molecule has 0 radical (unpaired) electrons. The minimum absolute atomic E-state index is 0.0481. The second-order valence-electron chi connectivity index (χ2n) is 17.4. The Morgan fingerprint density at radius 1 is 0.881 bits per heavy atom. The Kier molecular flexibility index (Phi) is 7.40. The van der Waals surface area contributed by atoms with Crippen molar-refractivity contribution in [2.75, 3.05) is 21.1 Å². The molecule has 228 valence electrons. The minimum atomic E-state index is -1.87. The third-order valence-corrected chi connectivity index (χ3v) is 15.3. The number of allylic oxidation sites excluding steroid dienone is 4. The zero-order chi connectivity index (χ0) is 31.2. The van der Waals surface area contributed by atoms with Gasteiger partial charge in [0, 0.05) is 5.41 Å². The third kappa shape index (κ3) is 5.26. The highest BCUT2D eigenvalue weighted by atomic mass is 28.3. The second kappa shape index (κ2) is 9.94. The lowest BCUT2D eigenvalue weighted by Crippen LogP contribution is -2.72. The molecule has 0 bridgehead atoms. The average molecular weight is 586 g/mol. The van der Waals surface area contributed by atoms with E-state index >= 15 is 0 Å². The van der Waals surface area contributed by atoms with E-state index in [2.05, 4.69) is 156 Å². The quantitative estimate of drug-likeness (QED) is 0.197. The zero-order valence-corrected chi connectivity index (χ0v) is 30.0. The molecule has 0 spiro atoms. The van der Waals surface area contributed by atoms with Gasteiger partial charge >= 0.3 is 0 Å². The maximum Gasteiger partial charge on any atom is 0.191 e. The first-order valence-electron chi connectivity index (χ1n) is 16.1. The summed E-state index contributed by atoms with van der Waals surface area (Å²) in [4.78, 5) is 0. The highest BCUT2D eigenvalue weighted by Gasteiger charge is 2.58. The summed E-state index contributed by atoms with van der Waals surface area (Å²) in [6.07, 6.45) is 6.70. The van der Waals surface area contributed by atoms with Gasteiger partial charge in [-0.05, 0) is 108 Å². The van der Waals surface area contributed by atoms with Gasteiger partial charge in [0.15, 0.2) is 8.24 Å². The lowest BCUT2D eigenvalue weighted by atomic mass is 9.76. The summed E-state index contributed by atoms with van der Waals surface area (Å²) in [6.45, 7) is 26.7. The number of benzene rings is 2. The molecule has 2 aromatic rings. The molecular formula is C38H57N2OSi+. The molecule has 3 aliphatic rings. The van der Waals surface area contributed by atoms with E-state index in [0.717, 1.165) is 16.1 Å². The van der Waals surface area contributed by atoms with E-state index in [-0.39, 0.29) is 16.4 Å². The predicted molar refractivity (Wildman–Crippen MR) is 182 cm³/mol. The monoisotopic (exact) mass is 585 g/mol. The predicted octanol–water partition coefficient (Wildman–Crippen LogP) is 9.96. The van der Waals surface area contributed by atoms with Crippen molar-refractivity contribution in [1.29, 1.82) is 0 Å². The molecule has 0 amide bonds. The van der Waals surface area contributed by atoms with Gasteiger partial charge < -0.3 is 4.74 Å². The van der Waals surface area contributed by atoms with E-state index in [9.17, 15) is 0 Å². The fourth-order valence-corrected chi connectivity index (χ4v) is 16.0. The first-order chi connectivity index (χ1) is 19.1. The molecular weight excluding hydrogens is 529 g/mol. The van der Waals surface area contributed by atoms with E-state index in [0.29, 0.717) is 23.3 Å². The van der Waals surface area contributed by atoms with Crippen molar-refractivity contribution in [1.82, 2.24) is 4.67 Å². The molecule has 0 N–H and O–H groups in total. The topological polar surface area (TPSA) is 12.5 Å². The summed E-state index contributed by atoms with van der Waals surface area (Å²) in [5.74, 6) is 3.75. The van der Waals surface area contributed by atoms with Crippen LogP contribution in [0.3, 0.4) is 0 Å². The van der Waals surface area contributed by atoms with Gasteiger partial charge in [0.2, 0.25) is 0 Å². The molecule has 0 heterocycles. The summed E-state index contributed by atoms with van der Waals surface area (Å²) in [7, 11) is 5.23. The molecule has 0 aromatic heterocycles. The number of rotatable bonds is 5. The molecule has 0 saturated heterocycles. The number of fused-ring (bicyclic) bond motifs is 4. The van der Waals surface area contributed by atoms with Crippen molar-refractivity contribution in [3.05, 3.63) is 76.9 Å². The van der Waals surface area contributed by atoms with E-state index < -0.39 is 8.24 Å². The van der Waals surface area contributed by atoms with E-state index in [1.54, 1.807) is 0 Å². The molecule has 4 unspecified atom stereocenters. The molecule has 42 heavy (non-hydrogen) atoms. The number of hydrogen-bond donors (Lipinski definition) is 0. The molecule has 0 aliphatic heterocycles. The van der Waals surface area contributed by atoms with E-state index in [4.69, 9.17) is 4.74 Å². The summed E-state index contributed by atoms with van der Waals surface area (Å²) < 4.78 is 10.2. The third-order valence-electron chi connectivity index (χ3n) is 10.4. The highest BCUT2D eigenvalue weighted by molar-refractivity contribution is 6.76. The number of hydrogen-bond acceptors (Lipinski definition) is 2. The van der Waals surface area contributed by atoms with Crippen LogP contribution in [0.2, 0.25) is 18.6 Å². The highest BCUT2D eigenvalue weighted by Crippen LogP contribution is 2.61. The molecule has 4 heteroatoms.